The smallest absolute Gasteiger partial charge is 0.332 e. The van der Waals surface area contributed by atoms with Crippen LogP contribution in [-0.4, -0.2) is 37.6 Å². The SMILES string of the molecule is Cc1ccc(C2CC2)c(N2C(=O)CSC2=NC(=O)NCc2ccc(-c3ncn(-c4ccc(C(F)(F)F)cc4)n3)cc2)c1. The number of hydrogen-bond acceptors (Lipinski definition) is 5. The molecule has 1 aliphatic heterocycles. The van der Waals surface area contributed by atoms with Gasteiger partial charge in [0.25, 0.3) is 0 Å². The lowest BCUT2D eigenvalue weighted by molar-refractivity contribution is -0.137. The van der Waals surface area contributed by atoms with Crippen LogP contribution in [0.4, 0.5) is 23.7 Å². The average molecular weight is 591 g/mol. The van der Waals surface area contributed by atoms with Crippen molar-refractivity contribution in [2.75, 3.05) is 10.7 Å². The Morgan fingerprint density at radius 2 is 1.81 bits per heavy atom. The van der Waals surface area contributed by atoms with Gasteiger partial charge in [-0.3, -0.25) is 9.69 Å². The van der Waals surface area contributed by atoms with E-state index in [9.17, 15) is 22.8 Å². The van der Waals surface area contributed by atoms with Gasteiger partial charge in [-0.25, -0.2) is 14.5 Å². The van der Waals surface area contributed by atoms with E-state index in [0.717, 1.165) is 47.4 Å². The molecule has 42 heavy (non-hydrogen) atoms. The molecule has 1 aliphatic carbocycles. The maximum Gasteiger partial charge on any atom is 0.416 e. The van der Waals surface area contributed by atoms with Crippen molar-refractivity contribution >= 4 is 34.6 Å². The van der Waals surface area contributed by atoms with Gasteiger partial charge in [0, 0.05) is 12.1 Å². The number of halogens is 3. The Balaban J connectivity index is 1.10. The van der Waals surface area contributed by atoms with Gasteiger partial charge in [-0.15, -0.1) is 5.10 Å². The molecule has 0 radical (unpaired) electrons. The molecule has 0 atom stereocenters. The van der Waals surface area contributed by atoms with Gasteiger partial charge in [-0.2, -0.15) is 18.2 Å². The van der Waals surface area contributed by atoms with Crippen LogP contribution in [0.5, 0.6) is 0 Å². The van der Waals surface area contributed by atoms with E-state index in [-0.39, 0.29) is 18.2 Å². The van der Waals surface area contributed by atoms with Crippen LogP contribution in [0.3, 0.4) is 0 Å². The first kappa shape index (κ1) is 27.7. The molecule has 214 valence electrons. The number of amides is 3. The average Bonchev–Trinajstić information content (AvgIpc) is 3.58. The summed E-state index contributed by atoms with van der Waals surface area (Å²) in [7, 11) is 0. The standard InChI is InChI=1S/C30H25F3N6O2S/c1-18-2-13-24(20-7-8-20)25(14-18)39-26(40)16-42-29(39)36-28(41)34-15-19-3-5-21(6-4-19)27-35-17-38(37-27)23-11-9-22(10-12-23)30(31,32)33/h2-6,9-14,17,20H,7-8,15-16H2,1H3,(H,34,41). The molecule has 2 fully saturated rings. The van der Waals surface area contributed by atoms with E-state index in [4.69, 9.17) is 0 Å². The largest absolute Gasteiger partial charge is 0.416 e. The molecule has 1 aromatic heterocycles. The van der Waals surface area contributed by atoms with Crippen molar-refractivity contribution in [3.63, 3.8) is 0 Å². The molecule has 1 saturated heterocycles. The summed E-state index contributed by atoms with van der Waals surface area (Å²) in [5.74, 6) is 0.977. The number of alkyl halides is 3. The number of aliphatic imine (C=N–C) groups is 1. The first-order valence-electron chi connectivity index (χ1n) is 13.3. The Morgan fingerprint density at radius 1 is 1.07 bits per heavy atom. The van der Waals surface area contributed by atoms with Gasteiger partial charge < -0.3 is 5.32 Å². The fraction of sp³-hybridized carbons (Fsp3) is 0.233. The van der Waals surface area contributed by atoms with Gasteiger partial charge >= 0.3 is 12.2 Å². The first-order chi connectivity index (χ1) is 20.2. The summed E-state index contributed by atoms with van der Waals surface area (Å²) in [5.41, 5.74) is 4.20. The molecule has 2 aliphatic rings. The zero-order valence-corrected chi connectivity index (χ0v) is 23.2. The van der Waals surface area contributed by atoms with Crippen molar-refractivity contribution in [3.05, 3.63) is 95.3 Å². The second kappa shape index (κ2) is 11.1. The molecule has 0 bridgehead atoms. The third-order valence-corrected chi connectivity index (χ3v) is 7.94. The van der Waals surface area contributed by atoms with Crippen LogP contribution >= 0.6 is 11.8 Å². The van der Waals surface area contributed by atoms with E-state index >= 15 is 0 Å². The molecule has 12 heteroatoms. The molecule has 0 spiro atoms. The minimum Gasteiger partial charge on any atom is -0.332 e. The Kier molecular flexibility index (Phi) is 7.31. The minimum atomic E-state index is -4.41. The highest BCUT2D eigenvalue weighted by Gasteiger charge is 2.35. The molecule has 1 saturated carbocycles. The van der Waals surface area contributed by atoms with Gasteiger partial charge in [0.1, 0.15) is 6.33 Å². The van der Waals surface area contributed by atoms with Crippen LogP contribution in [-0.2, 0) is 17.5 Å². The van der Waals surface area contributed by atoms with Gasteiger partial charge in [-0.05, 0) is 72.7 Å². The van der Waals surface area contributed by atoms with Crippen LogP contribution in [0.2, 0.25) is 0 Å². The second-order valence-corrected chi connectivity index (χ2v) is 11.1. The van der Waals surface area contributed by atoms with Gasteiger partial charge in [0.2, 0.25) is 5.91 Å². The Bertz CT molecular complexity index is 1680. The Morgan fingerprint density at radius 3 is 2.50 bits per heavy atom. The number of carbonyl (C=O) groups excluding carboxylic acids is 2. The highest BCUT2D eigenvalue weighted by Crippen LogP contribution is 2.46. The molecule has 3 aromatic carbocycles. The van der Waals surface area contributed by atoms with Gasteiger partial charge in [0.15, 0.2) is 11.0 Å². The molecular formula is C30H25F3N6O2S. The predicted molar refractivity (Wildman–Crippen MR) is 155 cm³/mol. The number of rotatable bonds is 6. The van der Waals surface area contributed by atoms with Gasteiger partial charge in [-0.1, -0.05) is 48.2 Å². The van der Waals surface area contributed by atoms with E-state index in [1.807, 2.05) is 31.2 Å². The Hall–Kier alpha value is -4.45. The maximum absolute atomic E-state index is 12.8. The first-order valence-corrected chi connectivity index (χ1v) is 14.3. The normalized spacial score (nSPS) is 16.3. The fourth-order valence-electron chi connectivity index (χ4n) is 4.67. The van der Waals surface area contributed by atoms with Crippen molar-refractivity contribution in [1.29, 1.82) is 0 Å². The minimum absolute atomic E-state index is 0.0935. The van der Waals surface area contributed by atoms with Crippen LogP contribution < -0.4 is 10.2 Å². The molecule has 8 nitrogen and oxygen atoms in total. The number of hydrogen-bond donors (Lipinski definition) is 1. The van der Waals surface area contributed by atoms with Gasteiger partial charge in [0.05, 0.1) is 22.7 Å². The summed E-state index contributed by atoms with van der Waals surface area (Å²) in [6, 6.07) is 17.4. The lowest BCUT2D eigenvalue weighted by Crippen LogP contribution is -2.32. The second-order valence-electron chi connectivity index (χ2n) is 10.2. The van der Waals surface area contributed by atoms with Crippen molar-refractivity contribution in [3.8, 4) is 17.1 Å². The number of amidine groups is 1. The zero-order chi connectivity index (χ0) is 29.4. The highest BCUT2D eigenvalue weighted by molar-refractivity contribution is 8.15. The van der Waals surface area contributed by atoms with Crippen LogP contribution in [0.25, 0.3) is 17.1 Å². The molecule has 6 rings (SSSR count). The number of benzene rings is 3. The lowest BCUT2D eigenvalue weighted by Gasteiger charge is -2.20. The maximum atomic E-state index is 12.8. The summed E-state index contributed by atoms with van der Waals surface area (Å²) >= 11 is 1.25. The van der Waals surface area contributed by atoms with Crippen LogP contribution in [0, 0.1) is 6.92 Å². The van der Waals surface area contributed by atoms with Crippen molar-refractivity contribution in [1.82, 2.24) is 20.1 Å². The summed E-state index contributed by atoms with van der Waals surface area (Å²) in [5, 5.41) is 7.52. The topological polar surface area (TPSA) is 92.5 Å². The van der Waals surface area contributed by atoms with E-state index in [1.165, 1.54) is 34.9 Å². The number of nitrogens with one attached hydrogen (secondary N) is 1. The van der Waals surface area contributed by atoms with Crippen molar-refractivity contribution < 1.29 is 22.8 Å². The number of nitrogens with zero attached hydrogens (tertiary/aromatic N) is 5. The van der Waals surface area contributed by atoms with Crippen molar-refractivity contribution in [2.45, 2.75) is 38.4 Å². The van der Waals surface area contributed by atoms with E-state index in [2.05, 4.69) is 26.5 Å². The van der Waals surface area contributed by atoms with Crippen LogP contribution in [0.15, 0.2) is 78.0 Å². The third kappa shape index (κ3) is 5.94. The molecule has 3 amide bonds. The zero-order valence-electron chi connectivity index (χ0n) is 22.4. The number of urea groups is 1. The summed E-state index contributed by atoms with van der Waals surface area (Å²) in [6.07, 6.45) is -0.789. The summed E-state index contributed by atoms with van der Waals surface area (Å²) in [6.45, 7) is 2.20. The number of aryl methyl sites for hydroxylation is 1. The monoisotopic (exact) mass is 590 g/mol. The number of carbonyl (C=O) groups is 2. The number of anilines is 1. The quantitative estimate of drug-likeness (QED) is 0.277. The molecule has 2 heterocycles. The number of aromatic nitrogens is 3. The fourth-order valence-corrected chi connectivity index (χ4v) is 5.53. The summed E-state index contributed by atoms with van der Waals surface area (Å²) in [4.78, 5) is 35.5. The lowest BCUT2D eigenvalue weighted by atomic mass is 10.0. The molecule has 0 unspecified atom stereocenters. The predicted octanol–water partition coefficient (Wildman–Crippen LogP) is 6.48. The third-order valence-electron chi connectivity index (χ3n) is 7.01. The van der Waals surface area contributed by atoms with Crippen molar-refractivity contribution in [2.24, 2.45) is 4.99 Å². The highest BCUT2D eigenvalue weighted by atomic mass is 32.2. The van der Waals surface area contributed by atoms with E-state index < -0.39 is 17.8 Å². The molecule has 1 N–H and O–H groups in total. The molecule has 4 aromatic rings. The van der Waals surface area contributed by atoms with E-state index in [1.54, 1.807) is 17.0 Å². The number of thioether (sulfide) groups is 1. The van der Waals surface area contributed by atoms with Crippen LogP contribution in [0.1, 0.15) is 41.0 Å². The Labute approximate surface area is 243 Å². The molecular weight excluding hydrogens is 565 g/mol. The van der Waals surface area contributed by atoms with E-state index in [0.29, 0.717) is 28.2 Å². The summed E-state index contributed by atoms with van der Waals surface area (Å²) < 4.78 is 39.9.